The van der Waals surface area contributed by atoms with Gasteiger partial charge in [-0.3, -0.25) is 4.90 Å². The second-order valence-corrected chi connectivity index (χ2v) is 6.90. The van der Waals surface area contributed by atoms with Gasteiger partial charge in [0.05, 0.1) is 11.6 Å². The third-order valence-electron chi connectivity index (χ3n) is 4.67. The van der Waals surface area contributed by atoms with Crippen molar-refractivity contribution in [2.75, 3.05) is 33.3 Å². The Morgan fingerprint density at radius 1 is 1.19 bits per heavy atom. The average Bonchev–Trinajstić information content (AvgIpc) is 2.74. The Morgan fingerprint density at radius 2 is 1.95 bits per heavy atom. The van der Waals surface area contributed by atoms with Crippen molar-refractivity contribution in [1.82, 2.24) is 10.2 Å². The van der Waals surface area contributed by atoms with Gasteiger partial charge in [-0.05, 0) is 52.7 Å². The summed E-state index contributed by atoms with van der Waals surface area (Å²) in [4.78, 5) is 2.52. The van der Waals surface area contributed by atoms with Gasteiger partial charge in [-0.1, -0.05) is 12.5 Å². The van der Waals surface area contributed by atoms with Crippen molar-refractivity contribution in [3.05, 3.63) is 27.2 Å². The summed E-state index contributed by atoms with van der Waals surface area (Å²) in [6, 6.07) is 2.41. The van der Waals surface area contributed by atoms with E-state index in [1.807, 2.05) is 0 Å². The van der Waals surface area contributed by atoms with Crippen molar-refractivity contribution in [1.29, 1.82) is 0 Å². The Morgan fingerprint density at radius 3 is 2.71 bits per heavy atom. The minimum Gasteiger partial charge on any atom is -0.495 e. The molecule has 21 heavy (non-hydrogen) atoms. The van der Waals surface area contributed by atoms with Crippen molar-refractivity contribution in [3.8, 4) is 5.75 Å². The molecule has 0 unspecified atom stereocenters. The number of halogens is 1. The number of methoxy groups -OCH3 is 1. The van der Waals surface area contributed by atoms with Crippen LogP contribution in [-0.4, -0.2) is 38.2 Å². The molecule has 0 radical (unpaired) electrons. The van der Waals surface area contributed by atoms with Crippen LogP contribution in [0.2, 0.25) is 0 Å². The SMILES string of the molecule is COc1c(CN2CCNCC2)cc2c(c1Br)CCCCC2. The normalized spacial score (nSPS) is 19.9. The molecule has 1 aliphatic carbocycles. The number of aryl methyl sites for hydroxylation is 1. The third kappa shape index (κ3) is 3.43. The van der Waals surface area contributed by atoms with Crippen molar-refractivity contribution >= 4 is 15.9 Å². The molecule has 0 spiro atoms. The molecule has 0 atom stereocenters. The molecule has 1 N–H and O–H groups in total. The zero-order valence-electron chi connectivity index (χ0n) is 12.9. The topological polar surface area (TPSA) is 24.5 Å². The molecule has 4 heteroatoms. The van der Waals surface area contributed by atoms with E-state index in [2.05, 4.69) is 32.2 Å². The van der Waals surface area contributed by atoms with Crippen LogP contribution < -0.4 is 10.1 Å². The van der Waals surface area contributed by atoms with Gasteiger partial charge in [0.15, 0.2) is 0 Å². The summed E-state index contributed by atoms with van der Waals surface area (Å²) in [5.41, 5.74) is 4.35. The Kier molecular flexibility index (Phi) is 5.19. The molecular weight excluding hydrogens is 328 g/mol. The number of benzene rings is 1. The van der Waals surface area contributed by atoms with E-state index in [-0.39, 0.29) is 0 Å². The first-order valence-electron chi connectivity index (χ1n) is 8.10. The van der Waals surface area contributed by atoms with Crippen molar-refractivity contribution < 1.29 is 4.74 Å². The lowest BCUT2D eigenvalue weighted by atomic mass is 9.98. The molecule has 3 nitrogen and oxygen atoms in total. The van der Waals surface area contributed by atoms with E-state index in [1.54, 1.807) is 7.11 Å². The molecule has 1 aliphatic heterocycles. The maximum absolute atomic E-state index is 5.74. The number of ether oxygens (including phenoxy) is 1. The van der Waals surface area contributed by atoms with E-state index in [0.29, 0.717) is 0 Å². The zero-order valence-corrected chi connectivity index (χ0v) is 14.5. The van der Waals surface area contributed by atoms with Crippen molar-refractivity contribution in [3.63, 3.8) is 0 Å². The average molecular weight is 353 g/mol. The van der Waals surface area contributed by atoms with Crippen LogP contribution >= 0.6 is 15.9 Å². The minimum atomic E-state index is 0.997. The van der Waals surface area contributed by atoms with Crippen molar-refractivity contribution in [2.45, 2.75) is 38.6 Å². The van der Waals surface area contributed by atoms with E-state index in [9.17, 15) is 0 Å². The smallest absolute Gasteiger partial charge is 0.137 e. The predicted molar refractivity (Wildman–Crippen MR) is 90.1 cm³/mol. The second-order valence-electron chi connectivity index (χ2n) is 6.11. The highest BCUT2D eigenvalue weighted by Crippen LogP contribution is 2.38. The molecule has 1 saturated heterocycles. The van der Waals surface area contributed by atoms with Gasteiger partial charge in [0, 0.05) is 38.3 Å². The van der Waals surface area contributed by atoms with E-state index >= 15 is 0 Å². The van der Waals surface area contributed by atoms with Gasteiger partial charge in [-0.2, -0.15) is 0 Å². The number of nitrogens with zero attached hydrogens (tertiary/aromatic N) is 1. The quantitative estimate of drug-likeness (QED) is 0.845. The highest BCUT2D eigenvalue weighted by Gasteiger charge is 2.20. The van der Waals surface area contributed by atoms with Crippen LogP contribution in [-0.2, 0) is 19.4 Å². The fourth-order valence-corrected chi connectivity index (χ4v) is 4.39. The fraction of sp³-hybridized carbons (Fsp3) is 0.647. The number of nitrogens with one attached hydrogen (secondary N) is 1. The standard InChI is InChI=1S/C17H25BrN2O/c1-21-17-14(12-20-9-7-19-8-10-20)11-13-5-3-2-4-6-15(13)16(17)18/h11,19H,2-10,12H2,1H3. The number of piperazine rings is 1. The van der Waals surface area contributed by atoms with Crippen LogP contribution in [0.1, 0.15) is 36.0 Å². The Labute approximate surface area is 136 Å². The molecule has 2 aliphatic rings. The molecular formula is C17H25BrN2O. The molecule has 1 aromatic carbocycles. The van der Waals surface area contributed by atoms with Gasteiger partial charge in [-0.15, -0.1) is 0 Å². The minimum absolute atomic E-state index is 0.997. The number of hydrogen-bond acceptors (Lipinski definition) is 3. The Hall–Kier alpha value is -0.580. The van der Waals surface area contributed by atoms with Gasteiger partial charge in [-0.25, -0.2) is 0 Å². The van der Waals surface area contributed by atoms with Crippen LogP contribution in [0.3, 0.4) is 0 Å². The van der Waals surface area contributed by atoms with Gasteiger partial charge >= 0.3 is 0 Å². The largest absolute Gasteiger partial charge is 0.495 e. The molecule has 1 aromatic rings. The Balaban J connectivity index is 1.91. The van der Waals surface area contributed by atoms with Crippen molar-refractivity contribution in [2.24, 2.45) is 0 Å². The lowest BCUT2D eigenvalue weighted by Gasteiger charge is -2.28. The molecule has 0 bridgehead atoms. The summed E-state index contributed by atoms with van der Waals surface area (Å²) < 4.78 is 6.94. The highest BCUT2D eigenvalue weighted by atomic mass is 79.9. The number of hydrogen-bond donors (Lipinski definition) is 1. The molecule has 116 valence electrons. The van der Waals surface area contributed by atoms with E-state index in [0.717, 1.165) is 38.5 Å². The predicted octanol–water partition coefficient (Wildman–Crippen LogP) is 3.13. The molecule has 0 amide bonds. The first-order chi connectivity index (χ1) is 10.3. The van der Waals surface area contributed by atoms with Crippen LogP contribution in [0, 0.1) is 0 Å². The van der Waals surface area contributed by atoms with E-state index in [1.165, 1.54) is 53.3 Å². The molecule has 0 aromatic heterocycles. The number of fused-ring (bicyclic) bond motifs is 1. The van der Waals surface area contributed by atoms with Crippen LogP contribution in [0.5, 0.6) is 5.75 Å². The van der Waals surface area contributed by atoms with Crippen LogP contribution in [0.4, 0.5) is 0 Å². The Bertz CT molecular complexity index is 498. The first kappa shape index (κ1) is 15.3. The van der Waals surface area contributed by atoms with Gasteiger partial charge in [0.25, 0.3) is 0 Å². The maximum atomic E-state index is 5.74. The molecule has 0 saturated carbocycles. The van der Waals surface area contributed by atoms with Crippen LogP contribution in [0.15, 0.2) is 10.5 Å². The summed E-state index contributed by atoms with van der Waals surface area (Å²) in [7, 11) is 1.80. The first-order valence-corrected chi connectivity index (χ1v) is 8.89. The molecule has 1 heterocycles. The monoisotopic (exact) mass is 352 g/mol. The summed E-state index contributed by atoms with van der Waals surface area (Å²) in [6.07, 6.45) is 6.36. The van der Waals surface area contributed by atoms with E-state index < -0.39 is 0 Å². The van der Waals surface area contributed by atoms with Gasteiger partial charge < -0.3 is 10.1 Å². The van der Waals surface area contributed by atoms with E-state index in [4.69, 9.17) is 4.74 Å². The van der Waals surface area contributed by atoms with Gasteiger partial charge in [0.2, 0.25) is 0 Å². The second kappa shape index (κ2) is 7.12. The maximum Gasteiger partial charge on any atom is 0.137 e. The highest BCUT2D eigenvalue weighted by molar-refractivity contribution is 9.10. The lowest BCUT2D eigenvalue weighted by molar-refractivity contribution is 0.230. The summed E-state index contributed by atoms with van der Waals surface area (Å²) in [5.74, 6) is 1.05. The third-order valence-corrected chi connectivity index (χ3v) is 5.51. The fourth-order valence-electron chi connectivity index (χ4n) is 3.52. The number of rotatable bonds is 3. The van der Waals surface area contributed by atoms with Crippen LogP contribution in [0.25, 0.3) is 0 Å². The lowest BCUT2D eigenvalue weighted by Crippen LogP contribution is -2.42. The molecule has 3 rings (SSSR count). The summed E-state index contributed by atoms with van der Waals surface area (Å²) in [5, 5.41) is 3.42. The summed E-state index contributed by atoms with van der Waals surface area (Å²) >= 11 is 3.82. The molecule has 1 fully saturated rings. The zero-order chi connectivity index (χ0) is 14.7. The summed E-state index contributed by atoms with van der Waals surface area (Å²) in [6.45, 7) is 5.43. The van der Waals surface area contributed by atoms with Gasteiger partial charge in [0.1, 0.15) is 5.75 Å².